The Hall–Kier alpha value is -1.83. The molecule has 0 aliphatic carbocycles. The molecule has 0 atom stereocenters. The first kappa shape index (κ1) is 8.48. The highest BCUT2D eigenvalue weighted by Crippen LogP contribution is 2.38. The van der Waals surface area contributed by atoms with Gasteiger partial charge in [-0.25, -0.2) is 4.39 Å². The molecule has 0 radical (unpaired) electrons. The molecule has 0 bridgehead atoms. The third-order valence-corrected chi connectivity index (χ3v) is 2.65. The van der Waals surface area contributed by atoms with Crippen LogP contribution >= 0.6 is 0 Å². The molecule has 15 heavy (non-hydrogen) atoms. The minimum atomic E-state index is -0.290. The van der Waals surface area contributed by atoms with Crippen molar-refractivity contribution in [2.75, 3.05) is 0 Å². The molecule has 2 aromatic carbocycles. The van der Waals surface area contributed by atoms with Gasteiger partial charge in [0.2, 0.25) is 0 Å². The van der Waals surface area contributed by atoms with Crippen molar-refractivity contribution in [1.29, 1.82) is 0 Å². The number of hydrogen-bond acceptors (Lipinski definition) is 1. The van der Waals surface area contributed by atoms with E-state index < -0.39 is 0 Å². The first-order chi connectivity index (χ1) is 7.36. The first-order valence-corrected chi connectivity index (χ1v) is 4.86. The fourth-order valence-electron chi connectivity index (χ4n) is 1.93. The minimum absolute atomic E-state index is 0.290. The van der Waals surface area contributed by atoms with Crippen molar-refractivity contribution < 1.29 is 9.13 Å². The fourth-order valence-corrected chi connectivity index (χ4v) is 1.93. The minimum Gasteiger partial charge on any atom is -0.485 e. The molecule has 0 unspecified atom stereocenters. The van der Waals surface area contributed by atoms with Crippen molar-refractivity contribution in [3.8, 4) is 16.9 Å². The van der Waals surface area contributed by atoms with Crippen LogP contribution in [0.15, 0.2) is 42.5 Å². The summed E-state index contributed by atoms with van der Waals surface area (Å²) in [7, 11) is 0. The number of fused-ring (bicyclic) bond motifs is 3. The van der Waals surface area contributed by atoms with Gasteiger partial charge in [0.25, 0.3) is 0 Å². The Balaban J connectivity index is 2.30. The maximum Gasteiger partial charge on any atom is 0.165 e. The smallest absolute Gasteiger partial charge is 0.165 e. The van der Waals surface area contributed by atoms with Crippen molar-refractivity contribution in [3.05, 3.63) is 53.8 Å². The van der Waals surface area contributed by atoms with Gasteiger partial charge in [0.15, 0.2) is 11.6 Å². The molecule has 1 heterocycles. The van der Waals surface area contributed by atoms with Crippen LogP contribution in [0.3, 0.4) is 0 Å². The Morgan fingerprint density at radius 2 is 1.73 bits per heavy atom. The zero-order valence-electron chi connectivity index (χ0n) is 8.03. The monoisotopic (exact) mass is 200 g/mol. The fraction of sp³-hybridized carbons (Fsp3) is 0.0769. The van der Waals surface area contributed by atoms with E-state index in [-0.39, 0.29) is 5.82 Å². The molecule has 0 fully saturated rings. The summed E-state index contributed by atoms with van der Waals surface area (Å²) in [6.07, 6.45) is 0. The normalized spacial score (nSPS) is 12.6. The van der Waals surface area contributed by atoms with E-state index in [0.29, 0.717) is 12.4 Å². The van der Waals surface area contributed by atoms with Gasteiger partial charge in [-0.05, 0) is 17.2 Å². The van der Waals surface area contributed by atoms with Gasteiger partial charge in [-0.2, -0.15) is 0 Å². The third-order valence-electron chi connectivity index (χ3n) is 2.65. The van der Waals surface area contributed by atoms with Crippen LogP contribution in [0.4, 0.5) is 4.39 Å². The molecule has 0 amide bonds. The molecule has 1 nitrogen and oxygen atoms in total. The average Bonchev–Trinajstić information content (AvgIpc) is 2.29. The lowest BCUT2D eigenvalue weighted by Gasteiger charge is -2.20. The second kappa shape index (κ2) is 3.09. The SMILES string of the molecule is Fc1cccc2c1OCc1ccccc1-2. The molecule has 0 aromatic heterocycles. The number of ether oxygens (including phenoxy) is 1. The van der Waals surface area contributed by atoms with Crippen molar-refractivity contribution in [3.63, 3.8) is 0 Å². The van der Waals surface area contributed by atoms with E-state index in [1.807, 2.05) is 30.3 Å². The number of rotatable bonds is 0. The zero-order chi connectivity index (χ0) is 10.3. The summed E-state index contributed by atoms with van der Waals surface area (Å²) in [5.41, 5.74) is 3.02. The van der Waals surface area contributed by atoms with Crippen LogP contribution < -0.4 is 4.74 Å². The van der Waals surface area contributed by atoms with Gasteiger partial charge in [0.05, 0.1) is 0 Å². The number of halogens is 1. The average molecular weight is 200 g/mol. The van der Waals surface area contributed by atoms with E-state index in [2.05, 4.69) is 0 Å². The topological polar surface area (TPSA) is 9.23 Å². The van der Waals surface area contributed by atoms with E-state index in [0.717, 1.165) is 16.7 Å². The summed E-state index contributed by atoms with van der Waals surface area (Å²) in [6, 6.07) is 12.9. The Morgan fingerprint density at radius 1 is 0.933 bits per heavy atom. The van der Waals surface area contributed by atoms with Crippen LogP contribution in [0, 0.1) is 5.82 Å². The van der Waals surface area contributed by atoms with Gasteiger partial charge in [0, 0.05) is 5.56 Å². The van der Waals surface area contributed by atoms with Crippen LogP contribution in [0.5, 0.6) is 5.75 Å². The Labute approximate surface area is 87.1 Å². The Bertz CT molecular complexity index is 520. The molecular weight excluding hydrogens is 191 g/mol. The molecule has 0 saturated carbocycles. The third kappa shape index (κ3) is 1.22. The summed E-state index contributed by atoms with van der Waals surface area (Å²) in [6.45, 7) is 0.449. The molecule has 3 rings (SSSR count). The van der Waals surface area contributed by atoms with Crippen LogP contribution in [0.1, 0.15) is 5.56 Å². The molecule has 0 spiro atoms. The molecule has 1 aliphatic rings. The van der Waals surface area contributed by atoms with Gasteiger partial charge in [-0.3, -0.25) is 0 Å². The second-order valence-electron chi connectivity index (χ2n) is 3.56. The van der Waals surface area contributed by atoms with E-state index >= 15 is 0 Å². The lowest BCUT2D eigenvalue weighted by atomic mass is 9.97. The summed E-state index contributed by atoms with van der Waals surface area (Å²) in [4.78, 5) is 0. The van der Waals surface area contributed by atoms with Crippen molar-refractivity contribution in [1.82, 2.24) is 0 Å². The summed E-state index contributed by atoms with van der Waals surface area (Å²) >= 11 is 0. The lowest BCUT2D eigenvalue weighted by molar-refractivity contribution is 0.286. The number of benzene rings is 2. The summed E-state index contributed by atoms with van der Waals surface area (Å²) < 4.78 is 18.8. The standard InChI is InChI=1S/C13H9FO/c14-12-7-3-6-11-10-5-2-1-4-9(10)8-15-13(11)12/h1-7H,8H2. The predicted molar refractivity (Wildman–Crippen MR) is 56.2 cm³/mol. The molecule has 0 N–H and O–H groups in total. The maximum absolute atomic E-state index is 13.4. The van der Waals surface area contributed by atoms with E-state index in [4.69, 9.17) is 4.74 Å². The number of hydrogen-bond donors (Lipinski definition) is 0. The maximum atomic E-state index is 13.4. The molecule has 2 aromatic rings. The predicted octanol–water partition coefficient (Wildman–Crippen LogP) is 3.39. The highest BCUT2D eigenvalue weighted by atomic mass is 19.1. The van der Waals surface area contributed by atoms with Crippen molar-refractivity contribution in [2.45, 2.75) is 6.61 Å². The molecule has 0 saturated heterocycles. The molecule has 2 heteroatoms. The van der Waals surface area contributed by atoms with Gasteiger partial charge < -0.3 is 4.74 Å². The summed E-state index contributed by atoms with van der Waals surface area (Å²) in [5.74, 6) is 0.0817. The van der Waals surface area contributed by atoms with Crippen molar-refractivity contribution in [2.24, 2.45) is 0 Å². The van der Waals surface area contributed by atoms with Crippen LogP contribution in [-0.4, -0.2) is 0 Å². The van der Waals surface area contributed by atoms with Crippen molar-refractivity contribution >= 4 is 0 Å². The largest absolute Gasteiger partial charge is 0.485 e. The first-order valence-electron chi connectivity index (χ1n) is 4.86. The van der Waals surface area contributed by atoms with E-state index in [1.165, 1.54) is 6.07 Å². The highest BCUT2D eigenvalue weighted by Gasteiger charge is 2.19. The summed E-state index contributed by atoms with van der Waals surface area (Å²) in [5, 5.41) is 0. The van der Waals surface area contributed by atoms with E-state index in [9.17, 15) is 4.39 Å². The van der Waals surface area contributed by atoms with Crippen LogP contribution in [0.25, 0.3) is 11.1 Å². The van der Waals surface area contributed by atoms with E-state index in [1.54, 1.807) is 6.07 Å². The van der Waals surface area contributed by atoms with Gasteiger partial charge in [-0.1, -0.05) is 36.4 Å². The molecule has 1 aliphatic heterocycles. The van der Waals surface area contributed by atoms with Crippen LogP contribution in [0.2, 0.25) is 0 Å². The van der Waals surface area contributed by atoms with Gasteiger partial charge in [0.1, 0.15) is 6.61 Å². The highest BCUT2D eigenvalue weighted by molar-refractivity contribution is 5.75. The molecule has 74 valence electrons. The zero-order valence-corrected chi connectivity index (χ0v) is 8.03. The Kier molecular flexibility index (Phi) is 1.75. The quantitative estimate of drug-likeness (QED) is 0.633. The van der Waals surface area contributed by atoms with Crippen LogP contribution in [-0.2, 0) is 6.61 Å². The second-order valence-corrected chi connectivity index (χ2v) is 3.56. The lowest BCUT2D eigenvalue weighted by Crippen LogP contribution is -2.06. The van der Waals surface area contributed by atoms with Gasteiger partial charge >= 0.3 is 0 Å². The number of para-hydroxylation sites is 1. The Morgan fingerprint density at radius 3 is 2.67 bits per heavy atom. The molecular formula is C13H9FO. The van der Waals surface area contributed by atoms with Gasteiger partial charge in [-0.15, -0.1) is 0 Å².